The number of ether oxygens (including phenoxy) is 1. The molecule has 0 radical (unpaired) electrons. The first kappa shape index (κ1) is 17.8. The van der Waals surface area contributed by atoms with E-state index in [1.165, 1.54) is 6.07 Å². The number of hydrogen-bond donors (Lipinski definition) is 2. The molecule has 0 fully saturated rings. The summed E-state index contributed by atoms with van der Waals surface area (Å²) in [6.45, 7) is -0.0512. The second-order valence-electron chi connectivity index (χ2n) is 5.48. The fourth-order valence-electron chi connectivity index (χ4n) is 2.32. The summed E-state index contributed by atoms with van der Waals surface area (Å²) in [4.78, 5) is 28.1. The van der Waals surface area contributed by atoms with E-state index < -0.39 is 24.3 Å². The van der Waals surface area contributed by atoms with Gasteiger partial charge >= 0.3 is 5.97 Å². The van der Waals surface area contributed by atoms with Crippen LogP contribution in [0.2, 0.25) is 0 Å². The lowest BCUT2D eigenvalue weighted by Crippen LogP contribution is -2.30. The van der Waals surface area contributed by atoms with E-state index in [-0.39, 0.29) is 11.3 Å². The Morgan fingerprint density at radius 2 is 2.04 bits per heavy atom. The Morgan fingerprint density at radius 1 is 1.23 bits per heavy atom. The van der Waals surface area contributed by atoms with Gasteiger partial charge < -0.3 is 15.8 Å². The Hall–Kier alpha value is -3.00. The minimum atomic E-state index is -0.774. The van der Waals surface area contributed by atoms with Gasteiger partial charge in [-0.2, -0.15) is 0 Å². The summed E-state index contributed by atoms with van der Waals surface area (Å²) in [5.74, 6) is -1.75. The van der Waals surface area contributed by atoms with Crippen LogP contribution < -0.4 is 11.1 Å². The van der Waals surface area contributed by atoms with E-state index in [1.54, 1.807) is 11.3 Å². The van der Waals surface area contributed by atoms with Crippen molar-refractivity contribution in [2.24, 2.45) is 0 Å². The van der Waals surface area contributed by atoms with Gasteiger partial charge in [-0.1, -0.05) is 12.1 Å². The van der Waals surface area contributed by atoms with Gasteiger partial charge in [0.1, 0.15) is 5.82 Å². The van der Waals surface area contributed by atoms with Crippen molar-refractivity contribution in [3.8, 4) is 0 Å². The number of esters is 1. The van der Waals surface area contributed by atoms with E-state index in [4.69, 9.17) is 10.5 Å². The van der Waals surface area contributed by atoms with Crippen molar-refractivity contribution in [2.45, 2.75) is 6.42 Å². The van der Waals surface area contributed by atoms with Crippen molar-refractivity contribution in [1.82, 2.24) is 10.3 Å². The predicted octanol–water partition coefficient (Wildman–Crippen LogP) is 2.53. The second-order valence-corrected chi connectivity index (χ2v) is 6.60. The number of thiazole rings is 1. The molecule has 2 aromatic carbocycles. The van der Waals surface area contributed by atoms with Crippen LogP contribution in [0.5, 0.6) is 0 Å². The van der Waals surface area contributed by atoms with Crippen molar-refractivity contribution < 1.29 is 18.7 Å². The molecule has 0 saturated heterocycles. The van der Waals surface area contributed by atoms with Crippen molar-refractivity contribution in [3.63, 3.8) is 0 Å². The Kier molecular flexibility index (Phi) is 5.43. The number of anilines is 1. The third-order valence-electron chi connectivity index (χ3n) is 3.57. The highest BCUT2D eigenvalue weighted by molar-refractivity contribution is 7.18. The molecule has 3 rings (SSSR count). The third kappa shape index (κ3) is 4.34. The molecule has 0 bridgehead atoms. The van der Waals surface area contributed by atoms with Crippen LogP contribution in [0.3, 0.4) is 0 Å². The number of aromatic nitrogens is 1. The van der Waals surface area contributed by atoms with Crippen molar-refractivity contribution in [2.75, 3.05) is 18.9 Å². The molecule has 0 unspecified atom stereocenters. The smallest absolute Gasteiger partial charge is 0.340 e. The number of nitrogens with two attached hydrogens (primary N) is 1. The molecule has 0 aliphatic carbocycles. The molecule has 1 aromatic heterocycles. The standard InChI is InChI=1S/C18H16FN3O3S/c19-11-5-6-12(13(20)9-11)18(24)25-10-16(23)21-8-7-17-22-14-3-1-2-4-15(14)26-17/h1-6,9H,7-8,10,20H2,(H,21,23). The fraction of sp³-hybridized carbons (Fsp3) is 0.167. The van der Waals surface area contributed by atoms with Crippen LogP contribution in [0, 0.1) is 5.82 Å². The number of nitrogen functional groups attached to an aromatic ring is 1. The van der Waals surface area contributed by atoms with Crippen LogP contribution in [0.1, 0.15) is 15.4 Å². The number of halogens is 1. The van der Waals surface area contributed by atoms with E-state index in [0.29, 0.717) is 13.0 Å². The fourth-order valence-corrected chi connectivity index (χ4v) is 3.28. The summed E-state index contributed by atoms with van der Waals surface area (Å²) in [5.41, 5.74) is 6.48. The zero-order valence-electron chi connectivity index (χ0n) is 13.7. The predicted molar refractivity (Wildman–Crippen MR) is 97.4 cm³/mol. The number of nitrogens with one attached hydrogen (secondary N) is 1. The zero-order chi connectivity index (χ0) is 18.5. The maximum atomic E-state index is 13.0. The van der Waals surface area contributed by atoms with Crippen LogP contribution in [-0.4, -0.2) is 30.0 Å². The highest BCUT2D eigenvalue weighted by Gasteiger charge is 2.14. The number of carbonyl (C=O) groups is 2. The molecule has 26 heavy (non-hydrogen) atoms. The van der Waals surface area contributed by atoms with Gasteiger partial charge in [-0.15, -0.1) is 11.3 Å². The van der Waals surface area contributed by atoms with Crippen molar-refractivity contribution >= 4 is 39.1 Å². The lowest BCUT2D eigenvalue weighted by molar-refractivity contribution is -0.124. The molecule has 8 heteroatoms. The summed E-state index contributed by atoms with van der Waals surface area (Å²) < 4.78 is 19.0. The Balaban J connectivity index is 1.44. The van der Waals surface area contributed by atoms with E-state index in [1.807, 2.05) is 24.3 Å². The molecule has 0 aliphatic rings. The summed E-state index contributed by atoms with van der Waals surface area (Å²) >= 11 is 1.57. The monoisotopic (exact) mass is 373 g/mol. The number of amides is 1. The van der Waals surface area contributed by atoms with E-state index >= 15 is 0 Å². The topological polar surface area (TPSA) is 94.3 Å². The minimum absolute atomic E-state index is 0.0219. The van der Waals surface area contributed by atoms with E-state index in [0.717, 1.165) is 27.4 Å². The summed E-state index contributed by atoms with van der Waals surface area (Å²) in [5, 5.41) is 3.58. The van der Waals surface area contributed by atoms with Gasteiger partial charge in [-0.3, -0.25) is 4.79 Å². The van der Waals surface area contributed by atoms with E-state index in [9.17, 15) is 14.0 Å². The highest BCUT2D eigenvalue weighted by atomic mass is 32.1. The average molecular weight is 373 g/mol. The highest BCUT2D eigenvalue weighted by Crippen LogP contribution is 2.21. The minimum Gasteiger partial charge on any atom is -0.452 e. The largest absolute Gasteiger partial charge is 0.452 e. The molecule has 0 saturated carbocycles. The molecule has 0 spiro atoms. The summed E-state index contributed by atoms with van der Waals surface area (Å²) in [6.07, 6.45) is 0.587. The molecule has 3 N–H and O–H groups in total. The molecular formula is C18H16FN3O3S. The van der Waals surface area contributed by atoms with Crippen LogP contribution >= 0.6 is 11.3 Å². The first-order chi connectivity index (χ1) is 12.5. The number of rotatable bonds is 6. The molecule has 134 valence electrons. The molecule has 1 heterocycles. The summed E-state index contributed by atoms with van der Waals surface area (Å²) in [6, 6.07) is 11.2. The lowest BCUT2D eigenvalue weighted by atomic mass is 10.2. The number of benzene rings is 2. The number of carbonyl (C=O) groups excluding carboxylic acids is 2. The number of nitrogens with zero attached hydrogens (tertiary/aromatic N) is 1. The maximum absolute atomic E-state index is 13.0. The molecule has 3 aromatic rings. The summed E-state index contributed by atoms with van der Waals surface area (Å²) in [7, 11) is 0. The molecule has 0 aliphatic heterocycles. The second kappa shape index (κ2) is 7.92. The van der Waals surface area contributed by atoms with Gasteiger partial charge in [-0.05, 0) is 30.3 Å². The van der Waals surface area contributed by atoms with Crippen LogP contribution in [0.15, 0.2) is 42.5 Å². The number of hydrogen-bond acceptors (Lipinski definition) is 6. The van der Waals surface area contributed by atoms with Crippen molar-refractivity contribution in [3.05, 3.63) is 58.9 Å². The Morgan fingerprint density at radius 3 is 2.81 bits per heavy atom. The third-order valence-corrected chi connectivity index (χ3v) is 4.66. The van der Waals surface area contributed by atoms with Gasteiger partial charge in [0.05, 0.1) is 20.8 Å². The van der Waals surface area contributed by atoms with Gasteiger partial charge in [-0.25, -0.2) is 14.2 Å². The molecule has 0 atom stereocenters. The average Bonchev–Trinajstić information content (AvgIpc) is 3.02. The zero-order valence-corrected chi connectivity index (χ0v) is 14.5. The number of fused-ring (bicyclic) bond motifs is 1. The van der Waals surface area contributed by atoms with E-state index in [2.05, 4.69) is 10.3 Å². The van der Waals surface area contributed by atoms with Crippen molar-refractivity contribution in [1.29, 1.82) is 0 Å². The first-order valence-electron chi connectivity index (χ1n) is 7.86. The van der Waals surface area contributed by atoms with Gasteiger partial charge in [0.25, 0.3) is 5.91 Å². The Bertz CT molecular complexity index is 925. The maximum Gasteiger partial charge on any atom is 0.340 e. The molecule has 1 amide bonds. The first-order valence-corrected chi connectivity index (χ1v) is 8.68. The van der Waals surface area contributed by atoms with Crippen LogP contribution in [0.4, 0.5) is 10.1 Å². The van der Waals surface area contributed by atoms with Gasteiger partial charge in [0.15, 0.2) is 6.61 Å². The number of para-hydroxylation sites is 1. The molecular weight excluding hydrogens is 357 g/mol. The molecule has 6 nitrogen and oxygen atoms in total. The quantitative estimate of drug-likeness (QED) is 0.511. The van der Waals surface area contributed by atoms with Crippen LogP contribution in [0.25, 0.3) is 10.2 Å². The van der Waals surface area contributed by atoms with Gasteiger partial charge in [0, 0.05) is 18.7 Å². The van der Waals surface area contributed by atoms with Crippen LogP contribution in [-0.2, 0) is 16.0 Å². The lowest BCUT2D eigenvalue weighted by Gasteiger charge is -2.07. The normalized spacial score (nSPS) is 10.7. The SMILES string of the molecule is Nc1cc(F)ccc1C(=O)OCC(=O)NCCc1nc2ccccc2s1. The Labute approximate surface area is 152 Å². The van der Waals surface area contributed by atoms with Gasteiger partial charge in [0.2, 0.25) is 0 Å².